The summed E-state index contributed by atoms with van der Waals surface area (Å²) >= 11 is 22.5. The monoisotopic (exact) mass is 470 g/mol. The Kier molecular flexibility index (Phi) is 7.71. The molecular weight excluding hydrogens is 460 g/mol. The molecule has 28 heavy (non-hydrogen) atoms. The van der Waals surface area contributed by atoms with Crippen molar-refractivity contribution in [3.05, 3.63) is 58.1 Å². The number of urea groups is 1. The van der Waals surface area contributed by atoms with Crippen LogP contribution in [0.3, 0.4) is 0 Å². The average Bonchev–Trinajstić information content (AvgIpc) is 2.62. The van der Waals surface area contributed by atoms with Crippen LogP contribution >= 0.6 is 46.4 Å². The molecule has 150 valence electrons. The van der Waals surface area contributed by atoms with Gasteiger partial charge < -0.3 is 14.8 Å². The highest BCUT2D eigenvalue weighted by Gasteiger charge is 2.40. The minimum atomic E-state index is -3.88. The second kappa shape index (κ2) is 9.60. The normalized spacial score (nSPS) is 12.1. The van der Waals surface area contributed by atoms with Crippen LogP contribution in [0.4, 0.5) is 19.3 Å². The molecule has 0 saturated carbocycles. The maximum absolute atomic E-state index is 13.6. The lowest BCUT2D eigenvalue weighted by atomic mass is 10.2. The van der Waals surface area contributed by atoms with E-state index in [1.165, 1.54) is 43.5 Å². The molecule has 0 aromatic heterocycles. The van der Waals surface area contributed by atoms with Gasteiger partial charge in [-0.25, -0.2) is 4.79 Å². The summed E-state index contributed by atoms with van der Waals surface area (Å²) in [5, 5.41) is 2.72. The van der Waals surface area contributed by atoms with Crippen LogP contribution in [-0.2, 0) is 4.74 Å². The van der Waals surface area contributed by atoms with Crippen LogP contribution in [0.15, 0.2) is 47.5 Å². The van der Waals surface area contributed by atoms with Crippen molar-refractivity contribution < 1.29 is 23.0 Å². The molecule has 2 rings (SSSR count). The van der Waals surface area contributed by atoms with E-state index in [0.717, 1.165) is 0 Å². The second-order valence-corrected chi connectivity index (χ2v) is 7.02. The summed E-state index contributed by atoms with van der Waals surface area (Å²) in [5.41, 5.74) is 0.109. The third-order valence-electron chi connectivity index (χ3n) is 3.20. The molecule has 0 atom stereocenters. The van der Waals surface area contributed by atoms with Crippen LogP contribution in [-0.4, -0.2) is 30.0 Å². The molecule has 0 heterocycles. The van der Waals surface area contributed by atoms with E-state index in [2.05, 4.69) is 15.0 Å². The number of carbonyl (C=O) groups is 1. The Morgan fingerprint density at radius 3 is 2.29 bits per heavy atom. The van der Waals surface area contributed by atoms with Crippen LogP contribution in [0.1, 0.15) is 5.56 Å². The summed E-state index contributed by atoms with van der Waals surface area (Å²) in [6.07, 6.45) is -3.88. The van der Waals surface area contributed by atoms with Crippen molar-refractivity contribution in [1.29, 1.82) is 0 Å². The Labute approximate surface area is 179 Å². The van der Waals surface area contributed by atoms with Gasteiger partial charge in [-0.05, 0) is 24.3 Å². The molecule has 0 bridgehead atoms. The van der Waals surface area contributed by atoms with Gasteiger partial charge in [-0.3, -0.25) is 0 Å². The smallest absolute Gasteiger partial charge is 0.428 e. The fourth-order valence-electron chi connectivity index (χ4n) is 1.99. The number of hydrogen-bond donors (Lipinski definition) is 1. The van der Waals surface area contributed by atoms with Crippen molar-refractivity contribution in [1.82, 2.24) is 0 Å². The van der Waals surface area contributed by atoms with Gasteiger partial charge in [0.15, 0.2) is 0 Å². The van der Waals surface area contributed by atoms with Gasteiger partial charge in [-0.1, -0.05) is 64.6 Å². The van der Waals surface area contributed by atoms with Crippen molar-refractivity contribution >= 4 is 64.0 Å². The SMILES string of the molecule is COC(=NC(=O)Nc1ccccc1OC(F)(F)C(Cl)Cl)c1c(Cl)cccc1Cl. The molecule has 0 fully saturated rings. The number of carbonyl (C=O) groups excluding carboxylic acids is 1. The van der Waals surface area contributed by atoms with Gasteiger partial charge in [0.05, 0.1) is 28.4 Å². The maximum Gasteiger partial charge on any atom is 0.428 e. The number of nitrogens with zero attached hydrogens (tertiary/aromatic N) is 1. The fourth-order valence-corrected chi connectivity index (χ4v) is 2.64. The van der Waals surface area contributed by atoms with Gasteiger partial charge in [0, 0.05) is 0 Å². The summed E-state index contributed by atoms with van der Waals surface area (Å²) in [5.74, 6) is -0.532. The van der Waals surface area contributed by atoms with Crippen LogP contribution in [0, 0.1) is 0 Å². The number of rotatable bonds is 5. The minimum Gasteiger partial charge on any atom is -0.480 e. The van der Waals surface area contributed by atoms with E-state index in [-0.39, 0.29) is 32.9 Å². The number of hydrogen-bond acceptors (Lipinski definition) is 3. The minimum absolute atomic E-state index is 0.0920. The highest BCUT2D eigenvalue weighted by Crippen LogP contribution is 2.34. The molecule has 5 nitrogen and oxygen atoms in total. The van der Waals surface area contributed by atoms with Crippen LogP contribution in [0.5, 0.6) is 5.75 Å². The Morgan fingerprint density at radius 2 is 1.71 bits per heavy atom. The molecule has 1 N–H and O–H groups in total. The van der Waals surface area contributed by atoms with Crippen molar-refractivity contribution in [2.75, 3.05) is 12.4 Å². The molecule has 0 aliphatic heterocycles. The van der Waals surface area contributed by atoms with E-state index < -0.39 is 17.0 Å². The molecule has 0 aliphatic rings. The average molecular weight is 472 g/mol. The number of para-hydroxylation sites is 2. The van der Waals surface area contributed by atoms with Crippen molar-refractivity contribution in [2.45, 2.75) is 10.9 Å². The number of aliphatic imine (C=N–C) groups is 1. The number of ether oxygens (including phenoxy) is 2. The summed E-state index contributed by atoms with van der Waals surface area (Å²) in [6.45, 7) is 0. The molecule has 0 aliphatic carbocycles. The second-order valence-electron chi connectivity index (χ2n) is 5.11. The van der Waals surface area contributed by atoms with E-state index in [1.54, 1.807) is 6.07 Å². The van der Waals surface area contributed by atoms with E-state index in [1.807, 2.05) is 0 Å². The molecule has 2 amide bonds. The standard InChI is InChI=1S/C17H12Cl4F2N2O3/c1-27-14(13-9(18)5-4-6-10(13)19)25-16(26)24-11-7-2-3-8-12(11)28-17(22,23)15(20)21/h2-8,15H,1H3,(H,24,26). The van der Waals surface area contributed by atoms with E-state index in [4.69, 9.17) is 51.1 Å². The highest BCUT2D eigenvalue weighted by atomic mass is 35.5. The largest absolute Gasteiger partial charge is 0.480 e. The molecule has 0 saturated heterocycles. The zero-order valence-corrected chi connectivity index (χ0v) is 17.1. The van der Waals surface area contributed by atoms with Crippen LogP contribution in [0.2, 0.25) is 10.0 Å². The number of anilines is 1. The lowest BCUT2D eigenvalue weighted by Gasteiger charge is -2.20. The number of benzene rings is 2. The Bertz CT molecular complexity index is 874. The highest BCUT2D eigenvalue weighted by molar-refractivity contribution is 6.44. The molecule has 0 unspecified atom stereocenters. The molecule has 0 radical (unpaired) electrons. The predicted octanol–water partition coefficient (Wildman–Crippen LogP) is 6.39. The lowest BCUT2D eigenvalue weighted by Crippen LogP contribution is -2.32. The topological polar surface area (TPSA) is 59.9 Å². The number of alkyl halides is 4. The number of amides is 2. The summed E-state index contributed by atoms with van der Waals surface area (Å²) < 4.78 is 36.9. The first-order valence-electron chi connectivity index (χ1n) is 7.47. The lowest BCUT2D eigenvalue weighted by molar-refractivity contribution is -0.163. The first-order chi connectivity index (χ1) is 13.2. The van der Waals surface area contributed by atoms with Gasteiger partial charge >= 0.3 is 12.1 Å². The first kappa shape index (κ1) is 22.5. The van der Waals surface area contributed by atoms with Crippen molar-refractivity contribution in [2.24, 2.45) is 4.99 Å². The number of halogens is 6. The zero-order valence-electron chi connectivity index (χ0n) is 14.1. The Balaban J connectivity index is 2.29. The van der Waals surface area contributed by atoms with Gasteiger partial charge in [-0.15, -0.1) is 0 Å². The van der Waals surface area contributed by atoms with Crippen LogP contribution < -0.4 is 10.1 Å². The summed E-state index contributed by atoms with van der Waals surface area (Å²) in [7, 11) is 1.27. The van der Waals surface area contributed by atoms with Crippen molar-refractivity contribution in [3.8, 4) is 5.75 Å². The van der Waals surface area contributed by atoms with E-state index in [9.17, 15) is 13.6 Å². The van der Waals surface area contributed by atoms with Gasteiger partial charge in [0.25, 0.3) is 0 Å². The quantitative estimate of drug-likeness (QED) is 0.312. The maximum atomic E-state index is 13.6. The Hall–Kier alpha value is -1.80. The molecule has 11 heteroatoms. The van der Waals surface area contributed by atoms with Crippen molar-refractivity contribution in [3.63, 3.8) is 0 Å². The number of methoxy groups -OCH3 is 1. The first-order valence-corrected chi connectivity index (χ1v) is 9.10. The predicted molar refractivity (Wildman–Crippen MR) is 107 cm³/mol. The molecular formula is C17H12Cl4F2N2O3. The molecule has 2 aromatic rings. The van der Waals surface area contributed by atoms with E-state index in [0.29, 0.717) is 0 Å². The summed E-state index contributed by atoms with van der Waals surface area (Å²) in [6, 6.07) is 9.18. The third kappa shape index (κ3) is 5.61. The summed E-state index contributed by atoms with van der Waals surface area (Å²) in [4.78, 5) is 13.9. The zero-order chi connectivity index (χ0) is 20.9. The number of nitrogens with one attached hydrogen (secondary N) is 1. The van der Waals surface area contributed by atoms with Gasteiger partial charge in [-0.2, -0.15) is 13.8 Å². The van der Waals surface area contributed by atoms with Gasteiger partial charge in [0.2, 0.25) is 10.7 Å². The fraction of sp³-hybridized carbons (Fsp3) is 0.176. The Morgan fingerprint density at radius 1 is 1.11 bits per heavy atom. The molecule has 2 aromatic carbocycles. The van der Waals surface area contributed by atoms with Crippen LogP contribution in [0.25, 0.3) is 0 Å². The van der Waals surface area contributed by atoms with E-state index >= 15 is 0 Å². The molecule has 0 spiro atoms. The third-order valence-corrected chi connectivity index (χ3v) is 4.34. The van der Waals surface area contributed by atoms with Gasteiger partial charge in [0.1, 0.15) is 5.75 Å².